The van der Waals surface area contributed by atoms with Crippen molar-refractivity contribution in [1.82, 2.24) is 0 Å². The summed E-state index contributed by atoms with van der Waals surface area (Å²) in [5, 5.41) is 11.0. The Morgan fingerprint density at radius 1 is 0.833 bits per heavy atom. The maximum Gasteiger partial charge on any atom is 0.261 e. The molecule has 0 spiro atoms. The standard InChI is InChI=1S/C23H25NO5S/c1-15-5-9-17(10-6-15)23(25)19-13-21(28-3)22(29-4)14-20(19)24-30(26,27)18-11-7-16(2)8-12-18/h5-14,23-25H,1-4H3. The van der Waals surface area contributed by atoms with Crippen molar-refractivity contribution in [3.8, 4) is 11.5 Å². The topological polar surface area (TPSA) is 84.9 Å². The third kappa shape index (κ3) is 4.58. The van der Waals surface area contributed by atoms with Crippen molar-refractivity contribution in [2.75, 3.05) is 18.9 Å². The van der Waals surface area contributed by atoms with Crippen molar-refractivity contribution in [2.45, 2.75) is 24.8 Å². The fraction of sp³-hybridized carbons (Fsp3) is 0.217. The quantitative estimate of drug-likeness (QED) is 0.590. The van der Waals surface area contributed by atoms with Crippen LogP contribution in [-0.4, -0.2) is 27.7 Å². The van der Waals surface area contributed by atoms with Crippen molar-refractivity contribution < 1.29 is 23.0 Å². The van der Waals surface area contributed by atoms with E-state index in [9.17, 15) is 13.5 Å². The molecule has 0 aliphatic carbocycles. The minimum atomic E-state index is -3.88. The van der Waals surface area contributed by atoms with Crippen molar-refractivity contribution in [3.63, 3.8) is 0 Å². The maximum atomic E-state index is 13.0. The molecule has 0 saturated carbocycles. The molecule has 0 heterocycles. The highest BCUT2D eigenvalue weighted by atomic mass is 32.2. The van der Waals surface area contributed by atoms with Gasteiger partial charge in [-0.3, -0.25) is 4.72 Å². The first-order valence-electron chi connectivity index (χ1n) is 9.35. The Hall–Kier alpha value is -3.03. The highest BCUT2D eigenvalue weighted by Crippen LogP contribution is 2.39. The van der Waals surface area contributed by atoms with E-state index in [0.29, 0.717) is 22.6 Å². The van der Waals surface area contributed by atoms with Crippen LogP contribution >= 0.6 is 0 Å². The molecule has 0 saturated heterocycles. The number of nitrogens with one attached hydrogen (secondary N) is 1. The van der Waals surface area contributed by atoms with Crippen LogP contribution in [0.4, 0.5) is 5.69 Å². The Bertz CT molecular complexity index is 1120. The van der Waals surface area contributed by atoms with Gasteiger partial charge in [0.15, 0.2) is 11.5 Å². The van der Waals surface area contributed by atoms with E-state index >= 15 is 0 Å². The molecule has 3 aromatic rings. The number of methoxy groups -OCH3 is 2. The van der Waals surface area contributed by atoms with E-state index in [-0.39, 0.29) is 10.6 Å². The van der Waals surface area contributed by atoms with E-state index < -0.39 is 16.1 Å². The highest BCUT2D eigenvalue weighted by Gasteiger charge is 2.23. The molecule has 158 valence electrons. The Labute approximate surface area is 177 Å². The third-order valence-electron chi connectivity index (χ3n) is 4.82. The summed E-state index contributed by atoms with van der Waals surface area (Å²) in [5.41, 5.74) is 3.20. The van der Waals surface area contributed by atoms with Crippen molar-refractivity contribution in [2.24, 2.45) is 0 Å². The molecular weight excluding hydrogens is 402 g/mol. The van der Waals surface area contributed by atoms with Gasteiger partial charge in [-0.05, 0) is 37.6 Å². The smallest absolute Gasteiger partial charge is 0.261 e. The van der Waals surface area contributed by atoms with Crippen LogP contribution in [0.15, 0.2) is 65.6 Å². The summed E-state index contributed by atoms with van der Waals surface area (Å²) in [6.07, 6.45) is -1.07. The van der Waals surface area contributed by atoms with E-state index in [1.165, 1.54) is 32.4 Å². The number of ether oxygens (including phenoxy) is 2. The maximum absolute atomic E-state index is 13.0. The van der Waals surface area contributed by atoms with Gasteiger partial charge in [-0.25, -0.2) is 8.42 Å². The van der Waals surface area contributed by atoms with Gasteiger partial charge in [0.25, 0.3) is 10.0 Å². The lowest BCUT2D eigenvalue weighted by atomic mass is 9.98. The lowest BCUT2D eigenvalue weighted by Crippen LogP contribution is -2.16. The van der Waals surface area contributed by atoms with Crippen LogP contribution in [0.25, 0.3) is 0 Å². The summed E-state index contributed by atoms with van der Waals surface area (Å²) in [5.74, 6) is 0.732. The van der Waals surface area contributed by atoms with Crippen LogP contribution in [0.1, 0.15) is 28.4 Å². The fourth-order valence-corrected chi connectivity index (χ4v) is 4.14. The Balaban J connectivity index is 2.09. The van der Waals surface area contributed by atoms with Gasteiger partial charge in [0, 0.05) is 11.6 Å². The monoisotopic (exact) mass is 427 g/mol. The molecular formula is C23H25NO5S. The predicted octanol–water partition coefficient (Wildman–Crippen LogP) is 4.20. The molecule has 0 amide bonds. The molecule has 0 aliphatic heterocycles. The van der Waals surface area contributed by atoms with E-state index in [4.69, 9.17) is 9.47 Å². The molecule has 1 unspecified atom stereocenters. The summed E-state index contributed by atoms with van der Waals surface area (Å²) in [7, 11) is -0.930. The van der Waals surface area contributed by atoms with Gasteiger partial charge in [0.05, 0.1) is 24.8 Å². The molecule has 7 heteroatoms. The van der Waals surface area contributed by atoms with Crippen LogP contribution in [-0.2, 0) is 10.0 Å². The Morgan fingerprint density at radius 2 is 1.33 bits per heavy atom. The molecule has 6 nitrogen and oxygen atoms in total. The van der Waals surface area contributed by atoms with Gasteiger partial charge in [-0.2, -0.15) is 0 Å². The number of anilines is 1. The van der Waals surface area contributed by atoms with Crippen LogP contribution in [0.2, 0.25) is 0 Å². The van der Waals surface area contributed by atoms with Gasteiger partial charge >= 0.3 is 0 Å². The number of aryl methyl sites for hydroxylation is 2. The molecule has 3 aromatic carbocycles. The first kappa shape index (κ1) is 21.7. The largest absolute Gasteiger partial charge is 0.493 e. The first-order valence-corrected chi connectivity index (χ1v) is 10.8. The molecule has 0 fully saturated rings. The zero-order valence-corrected chi connectivity index (χ0v) is 18.2. The summed E-state index contributed by atoms with van der Waals surface area (Å²) >= 11 is 0. The molecule has 1 atom stereocenters. The van der Waals surface area contributed by atoms with Gasteiger partial charge in [-0.15, -0.1) is 0 Å². The lowest BCUT2D eigenvalue weighted by Gasteiger charge is -2.20. The molecule has 30 heavy (non-hydrogen) atoms. The number of aliphatic hydroxyl groups is 1. The molecule has 0 aliphatic rings. The van der Waals surface area contributed by atoms with Crippen LogP contribution in [0, 0.1) is 13.8 Å². The second-order valence-electron chi connectivity index (χ2n) is 7.03. The first-order chi connectivity index (χ1) is 14.2. The number of sulfonamides is 1. The minimum Gasteiger partial charge on any atom is -0.493 e. The molecule has 0 aromatic heterocycles. The zero-order chi connectivity index (χ0) is 21.9. The number of aliphatic hydroxyl groups excluding tert-OH is 1. The normalized spacial score (nSPS) is 12.3. The second kappa shape index (κ2) is 8.77. The SMILES string of the molecule is COc1cc(NS(=O)(=O)c2ccc(C)cc2)c(C(O)c2ccc(C)cc2)cc1OC. The molecule has 0 radical (unpaired) electrons. The molecule has 2 N–H and O–H groups in total. The van der Waals surface area contributed by atoms with Gasteiger partial charge in [0.1, 0.15) is 6.10 Å². The van der Waals surface area contributed by atoms with E-state index in [2.05, 4.69) is 4.72 Å². The second-order valence-corrected chi connectivity index (χ2v) is 8.71. The average Bonchev–Trinajstić information content (AvgIpc) is 2.73. The van der Waals surface area contributed by atoms with Crippen LogP contribution in [0.5, 0.6) is 11.5 Å². The van der Waals surface area contributed by atoms with Crippen molar-refractivity contribution in [3.05, 3.63) is 82.9 Å². The van der Waals surface area contributed by atoms with Crippen molar-refractivity contribution in [1.29, 1.82) is 0 Å². The summed E-state index contributed by atoms with van der Waals surface area (Å²) < 4.78 is 39.2. The number of hydrogen-bond donors (Lipinski definition) is 2. The van der Waals surface area contributed by atoms with Crippen LogP contribution in [0.3, 0.4) is 0 Å². The van der Waals surface area contributed by atoms with E-state index in [0.717, 1.165) is 11.1 Å². The van der Waals surface area contributed by atoms with Crippen LogP contribution < -0.4 is 14.2 Å². The van der Waals surface area contributed by atoms with E-state index in [1.807, 2.05) is 26.0 Å². The Morgan fingerprint density at radius 3 is 1.87 bits per heavy atom. The molecule has 3 rings (SSSR count). The summed E-state index contributed by atoms with van der Waals surface area (Å²) in [6, 6.07) is 17.0. The molecule has 0 bridgehead atoms. The Kier molecular flexibility index (Phi) is 6.34. The lowest BCUT2D eigenvalue weighted by molar-refractivity contribution is 0.220. The number of benzene rings is 3. The fourth-order valence-electron chi connectivity index (χ4n) is 3.06. The minimum absolute atomic E-state index is 0.124. The highest BCUT2D eigenvalue weighted by molar-refractivity contribution is 7.92. The van der Waals surface area contributed by atoms with Gasteiger partial charge in [-0.1, -0.05) is 47.5 Å². The number of hydrogen-bond acceptors (Lipinski definition) is 5. The average molecular weight is 428 g/mol. The summed E-state index contributed by atoms with van der Waals surface area (Å²) in [4.78, 5) is 0.124. The van der Waals surface area contributed by atoms with E-state index in [1.54, 1.807) is 30.3 Å². The van der Waals surface area contributed by atoms with Gasteiger partial charge in [0.2, 0.25) is 0 Å². The van der Waals surface area contributed by atoms with Gasteiger partial charge < -0.3 is 14.6 Å². The zero-order valence-electron chi connectivity index (χ0n) is 17.3. The third-order valence-corrected chi connectivity index (χ3v) is 6.20. The summed E-state index contributed by atoms with van der Waals surface area (Å²) in [6.45, 7) is 3.84. The number of rotatable bonds is 7. The predicted molar refractivity (Wildman–Crippen MR) is 117 cm³/mol. The van der Waals surface area contributed by atoms with Crippen molar-refractivity contribution >= 4 is 15.7 Å².